The fraction of sp³-hybridized carbons (Fsp3) is 0.417. The zero-order valence-electron chi connectivity index (χ0n) is 9.73. The van der Waals surface area contributed by atoms with Crippen LogP contribution >= 0.6 is 0 Å². The summed E-state index contributed by atoms with van der Waals surface area (Å²) in [6.45, 7) is 0.758. The van der Waals surface area contributed by atoms with E-state index in [-0.39, 0.29) is 18.0 Å². The molecule has 0 spiro atoms. The third kappa shape index (κ3) is 2.01. The maximum absolute atomic E-state index is 11.3. The minimum Gasteiger partial charge on any atom is -0.379 e. The highest BCUT2D eigenvalue weighted by molar-refractivity contribution is 6.00. The summed E-state index contributed by atoms with van der Waals surface area (Å²) in [6.07, 6.45) is 2.59. The zero-order chi connectivity index (χ0) is 12.7. The van der Waals surface area contributed by atoms with E-state index in [1.807, 2.05) is 0 Å². The number of nitro groups is 1. The van der Waals surface area contributed by atoms with Crippen molar-refractivity contribution in [3.8, 4) is 0 Å². The number of nitrogens with zero attached hydrogens (tertiary/aromatic N) is 1. The Bertz CT molecular complexity index is 538. The van der Waals surface area contributed by atoms with Gasteiger partial charge >= 0.3 is 0 Å². The minimum absolute atomic E-state index is 0.0471. The molecule has 1 amide bonds. The third-order valence-electron chi connectivity index (χ3n) is 3.32. The summed E-state index contributed by atoms with van der Waals surface area (Å²) in [5.41, 5.74) is 1.92. The predicted octanol–water partition coefficient (Wildman–Crippen LogP) is 1.91. The normalized spacial score (nSPS) is 17.2. The molecule has 1 fully saturated rings. The van der Waals surface area contributed by atoms with E-state index in [1.165, 1.54) is 18.9 Å². The molecule has 1 heterocycles. The summed E-state index contributed by atoms with van der Waals surface area (Å²) in [4.78, 5) is 21.9. The number of fused-ring (bicyclic) bond motifs is 1. The standard InChI is InChI=1S/C12H13N3O3/c16-12-4-8-3-11(15(17)18)10(5-9(8)14-12)13-6-7-1-2-7/h3,5,7,13H,1-2,4,6H2,(H,14,16). The molecule has 6 heteroatoms. The van der Waals surface area contributed by atoms with Gasteiger partial charge in [-0.2, -0.15) is 0 Å². The summed E-state index contributed by atoms with van der Waals surface area (Å²) < 4.78 is 0. The number of hydrogen-bond acceptors (Lipinski definition) is 4. The van der Waals surface area contributed by atoms with Crippen molar-refractivity contribution < 1.29 is 9.72 Å². The molecule has 0 aromatic heterocycles. The lowest BCUT2D eigenvalue weighted by molar-refractivity contribution is -0.384. The minimum atomic E-state index is -0.404. The van der Waals surface area contributed by atoms with Crippen molar-refractivity contribution in [1.82, 2.24) is 0 Å². The van der Waals surface area contributed by atoms with Crippen molar-refractivity contribution in [2.24, 2.45) is 5.92 Å². The Labute approximate surface area is 104 Å². The number of anilines is 2. The first-order valence-corrected chi connectivity index (χ1v) is 5.98. The van der Waals surface area contributed by atoms with E-state index in [0.717, 1.165) is 6.54 Å². The van der Waals surface area contributed by atoms with Gasteiger partial charge in [0.25, 0.3) is 5.69 Å². The first-order chi connectivity index (χ1) is 8.63. The van der Waals surface area contributed by atoms with Gasteiger partial charge in [0.1, 0.15) is 5.69 Å². The predicted molar refractivity (Wildman–Crippen MR) is 66.6 cm³/mol. The van der Waals surface area contributed by atoms with E-state index < -0.39 is 4.92 Å². The molecule has 0 saturated heterocycles. The van der Waals surface area contributed by atoms with Gasteiger partial charge in [0.2, 0.25) is 5.91 Å². The van der Waals surface area contributed by atoms with E-state index in [1.54, 1.807) is 6.07 Å². The van der Waals surface area contributed by atoms with Crippen LogP contribution in [0.5, 0.6) is 0 Å². The Morgan fingerprint density at radius 3 is 2.89 bits per heavy atom. The van der Waals surface area contributed by atoms with Gasteiger partial charge in [0.15, 0.2) is 0 Å². The molecule has 0 unspecified atom stereocenters. The largest absolute Gasteiger partial charge is 0.379 e. The zero-order valence-corrected chi connectivity index (χ0v) is 9.73. The smallest absolute Gasteiger partial charge is 0.292 e. The summed E-state index contributed by atoms with van der Waals surface area (Å²) >= 11 is 0. The van der Waals surface area contributed by atoms with Crippen LogP contribution in [0.2, 0.25) is 0 Å². The monoisotopic (exact) mass is 247 g/mol. The second-order valence-electron chi connectivity index (χ2n) is 4.83. The fourth-order valence-electron chi connectivity index (χ4n) is 2.13. The van der Waals surface area contributed by atoms with Crippen molar-refractivity contribution in [1.29, 1.82) is 0 Å². The summed E-state index contributed by atoms with van der Waals surface area (Å²) in [6, 6.07) is 3.16. The van der Waals surface area contributed by atoms with E-state index in [9.17, 15) is 14.9 Å². The maximum atomic E-state index is 11.3. The van der Waals surface area contributed by atoms with Crippen LogP contribution in [0.3, 0.4) is 0 Å². The number of carbonyl (C=O) groups is 1. The summed E-state index contributed by atoms with van der Waals surface area (Å²) in [7, 11) is 0. The molecule has 0 radical (unpaired) electrons. The molecule has 1 aromatic rings. The molecule has 94 valence electrons. The molecule has 1 aliphatic heterocycles. The second-order valence-corrected chi connectivity index (χ2v) is 4.83. The number of carbonyl (C=O) groups excluding carboxylic acids is 1. The Kier molecular flexibility index (Phi) is 2.43. The SMILES string of the molecule is O=C1Cc2cc([N+](=O)[O-])c(NCC3CC3)cc2N1. The molecule has 18 heavy (non-hydrogen) atoms. The molecule has 1 aromatic carbocycles. The highest BCUT2D eigenvalue weighted by atomic mass is 16.6. The van der Waals surface area contributed by atoms with E-state index in [4.69, 9.17) is 0 Å². The van der Waals surface area contributed by atoms with Crippen LogP contribution < -0.4 is 10.6 Å². The summed E-state index contributed by atoms with van der Waals surface area (Å²) in [5, 5.41) is 16.8. The van der Waals surface area contributed by atoms with Gasteiger partial charge in [-0.1, -0.05) is 0 Å². The first-order valence-electron chi connectivity index (χ1n) is 5.98. The number of benzene rings is 1. The Morgan fingerprint density at radius 1 is 1.44 bits per heavy atom. The van der Waals surface area contributed by atoms with Gasteiger partial charge in [-0.3, -0.25) is 14.9 Å². The number of hydrogen-bond donors (Lipinski definition) is 2. The second kappa shape index (κ2) is 3.97. The van der Waals surface area contributed by atoms with Gasteiger partial charge in [-0.25, -0.2) is 0 Å². The van der Waals surface area contributed by atoms with E-state index in [2.05, 4.69) is 10.6 Å². The summed E-state index contributed by atoms with van der Waals surface area (Å²) in [5.74, 6) is 0.520. The van der Waals surface area contributed by atoms with Crippen LogP contribution in [0.1, 0.15) is 18.4 Å². The van der Waals surface area contributed by atoms with Crippen LogP contribution in [0.4, 0.5) is 17.1 Å². The molecular weight excluding hydrogens is 234 g/mol. The Balaban J connectivity index is 1.92. The molecule has 3 rings (SSSR count). The van der Waals surface area contributed by atoms with Crippen molar-refractivity contribution in [2.45, 2.75) is 19.3 Å². The van der Waals surface area contributed by atoms with Crippen LogP contribution in [-0.2, 0) is 11.2 Å². The van der Waals surface area contributed by atoms with Crippen molar-refractivity contribution in [3.05, 3.63) is 27.8 Å². The lowest BCUT2D eigenvalue weighted by Gasteiger charge is -2.08. The molecule has 0 bridgehead atoms. The molecule has 2 N–H and O–H groups in total. The van der Waals surface area contributed by atoms with Gasteiger partial charge in [-0.05, 0) is 30.4 Å². The Hall–Kier alpha value is -2.11. The maximum Gasteiger partial charge on any atom is 0.292 e. The number of nitro benzene ring substituents is 1. The quantitative estimate of drug-likeness (QED) is 0.628. The highest BCUT2D eigenvalue weighted by Gasteiger charge is 2.26. The van der Waals surface area contributed by atoms with Gasteiger partial charge in [-0.15, -0.1) is 0 Å². The highest BCUT2D eigenvalue weighted by Crippen LogP contribution is 2.36. The van der Waals surface area contributed by atoms with Crippen molar-refractivity contribution >= 4 is 23.0 Å². The van der Waals surface area contributed by atoms with Crippen LogP contribution in [-0.4, -0.2) is 17.4 Å². The fourth-order valence-corrected chi connectivity index (χ4v) is 2.13. The third-order valence-corrected chi connectivity index (χ3v) is 3.32. The first kappa shape index (κ1) is 11.0. The number of rotatable bonds is 4. The average Bonchev–Trinajstić information content (AvgIpc) is 3.06. The van der Waals surface area contributed by atoms with E-state index >= 15 is 0 Å². The molecule has 1 aliphatic carbocycles. The van der Waals surface area contributed by atoms with Crippen LogP contribution in [0.25, 0.3) is 0 Å². The molecule has 1 saturated carbocycles. The lowest BCUT2D eigenvalue weighted by atomic mass is 10.1. The molecule has 2 aliphatic rings. The lowest BCUT2D eigenvalue weighted by Crippen LogP contribution is -2.06. The molecule has 6 nitrogen and oxygen atoms in total. The van der Waals surface area contributed by atoms with Crippen LogP contribution in [0, 0.1) is 16.0 Å². The number of nitrogens with one attached hydrogen (secondary N) is 2. The number of amides is 1. The van der Waals surface area contributed by atoms with Crippen molar-refractivity contribution in [2.75, 3.05) is 17.2 Å². The topological polar surface area (TPSA) is 84.3 Å². The van der Waals surface area contributed by atoms with Gasteiger partial charge in [0, 0.05) is 18.3 Å². The van der Waals surface area contributed by atoms with Gasteiger partial charge in [0.05, 0.1) is 11.3 Å². The van der Waals surface area contributed by atoms with E-state index in [0.29, 0.717) is 22.9 Å². The molecular formula is C12H13N3O3. The Morgan fingerprint density at radius 2 is 2.22 bits per heavy atom. The van der Waals surface area contributed by atoms with Crippen molar-refractivity contribution in [3.63, 3.8) is 0 Å². The van der Waals surface area contributed by atoms with Gasteiger partial charge < -0.3 is 10.6 Å². The average molecular weight is 247 g/mol. The van der Waals surface area contributed by atoms with Crippen LogP contribution in [0.15, 0.2) is 12.1 Å². The molecule has 0 atom stereocenters.